The van der Waals surface area contributed by atoms with Gasteiger partial charge in [0.05, 0.1) is 25.3 Å². The van der Waals surface area contributed by atoms with Crippen LogP contribution in [0.2, 0.25) is 0 Å². The molecule has 0 heterocycles. The molecule has 6 aromatic rings. The van der Waals surface area contributed by atoms with E-state index in [-0.39, 0.29) is 23.7 Å². The Bertz CT molecular complexity index is 2790. The summed E-state index contributed by atoms with van der Waals surface area (Å²) in [5, 5.41) is 3.99. The highest BCUT2D eigenvalue weighted by Gasteiger charge is 2.42. The van der Waals surface area contributed by atoms with Crippen LogP contribution in [-0.4, -0.2) is 26.2 Å². The molecule has 4 atom stereocenters. The molecule has 6 aromatic carbocycles. The summed E-state index contributed by atoms with van der Waals surface area (Å²) in [7, 11) is -0.817. The van der Waals surface area contributed by atoms with E-state index in [1.54, 1.807) is 24.3 Å². The molecule has 0 bridgehead atoms. The second-order valence-corrected chi connectivity index (χ2v) is 18.2. The maximum absolute atomic E-state index is 16.6. The molecule has 5 nitrogen and oxygen atoms in total. The van der Waals surface area contributed by atoms with Crippen LogP contribution in [0.4, 0.5) is 0 Å². The van der Waals surface area contributed by atoms with E-state index in [1.807, 2.05) is 97.1 Å². The van der Waals surface area contributed by atoms with Crippen molar-refractivity contribution in [3.8, 4) is 23.7 Å². The van der Waals surface area contributed by atoms with Crippen LogP contribution in [0, 0.1) is 53.6 Å². The van der Waals surface area contributed by atoms with Gasteiger partial charge in [-0.05, 0) is 103 Å². The Kier molecular flexibility index (Phi) is 11.4. The number of methoxy groups -OCH3 is 2. The van der Waals surface area contributed by atoms with E-state index in [1.165, 1.54) is 25.4 Å². The number of hydrogen-bond donors (Lipinski definition) is 0. The minimum Gasteiger partial charge on any atom is -0.465 e. The smallest absolute Gasteiger partial charge is 0.337 e. The molecule has 0 fully saturated rings. The topological polar surface area (TPSA) is 69.7 Å². The number of carbonyl (C=O) groups is 2. The zero-order chi connectivity index (χ0) is 41.8. The normalized spacial score (nSPS) is 18.2. The van der Waals surface area contributed by atoms with Crippen molar-refractivity contribution in [3.63, 3.8) is 0 Å². The number of carbonyl (C=O) groups excluding carboxylic acids is 2. The van der Waals surface area contributed by atoms with E-state index in [0.29, 0.717) is 17.0 Å². The summed E-state index contributed by atoms with van der Waals surface area (Å²) in [4.78, 5) is 24.2. The molecule has 0 radical (unpaired) electrons. The Balaban J connectivity index is 1.36. The van der Waals surface area contributed by atoms with Gasteiger partial charge in [-0.1, -0.05) is 128 Å². The molecule has 0 saturated heterocycles. The minimum atomic E-state index is -3.55. The predicted molar refractivity (Wildman–Crippen MR) is 239 cm³/mol. The van der Waals surface area contributed by atoms with Crippen molar-refractivity contribution in [3.05, 3.63) is 196 Å². The number of rotatable bonds is 6. The first-order valence-corrected chi connectivity index (χ1v) is 21.8. The molecule has 0 spiro atoms. The third kappa shape index (κ3) is 7.72. The van der Waals surface area contributed by atoms with Crippen molar-refractivity contribution in [2.45, 2.75) is 32.6 Å². The molecular weight excluding hydrogens is 760 g/mol. The summed E-state index contributed by atoms with van der Waals surface area (Å²) in [6.45, 7) is 4.54. The second kappa shape index (κ2) is 17.2. The Hall–Kier alpha value is -6.83. The van der Waals surface area contributed by atoms with Crippen LogP contribution in [0.25, 0.3) is 10.8 Å². The van der Waals surface area contributed by atoms with Crippen LogP contribution in [-0.2, 0) is 14.0 Å². The molecule has 0 aromatic heterocycles. The highest BCUT2D eigenvalue weighted by molar-refractivity contribution is 7.85. The van der Waals surface area contributed by atoms with Gasteiger partial charge >= 0.3 is 11.9 Å². The van der Waals surface area contributed by atoms with Crippen molar-refractivity contribution in [2.75, 3.05) is 14.2 Å². The van der Waals surface area contributed by atoms with Crippen molar-refractivity contribution in [1.29, 1.82) is 0 Å². The Morgan fingerprint density at radius 2 is 1.32 bits per heavy atom. The van der Waals surface area contributed by atoms with Crippen LogP contribution in [0.5, 0.6) is 0 Å². The molecule has 6 heteroatoms. The highest BCUT2D eigenvalue weighted by atomic mass is 31.2. The van der Waals surface area contributed by atoms with Crippen LogP contribution >= 0.6 is 7.14 Å². The van der Waals surface area contributed by atoms with Crippen molar-refractivity contribution < 1.29 is 23.6 Å². The average Bonchev–Trinajstić information content (AvgIpc) is 3.30. The van der Waals surface area contributed by atoms with Gasteiger partial charge < -0.3 is 14.0 Å². The fraction of sp³-hybridized carbons (Fsp3) is 0.185. The molecule has 0 amide bonds. The van der Waals surface area contributed by atoms with Crippen molar-refractivity contribution in [1.82, 2.24) is 0 Å². The molecule has 8 rings (SSSR count). The lowest BCUT2D eigenvalue weighted by Crippen LogP contribution is -2.33. The average molecular weight is 803 g/mol. The van der Waals surface area contributed by atoms with E-state index in [4.69, 9.17) is 9.47 Å². The molecule has 0 saturated carbocycles. The Labute approximate surface area is 352 Å². The number of fused-ring (bicyclic) bond motifs is 1. The lowest BCUT2D eigenvalue weighted by Gasteiger charge is -2.41. The van der Waals surface area contributed by atoms with E-state index in [2.05, 4.69) is 67.9 Å². The summed E-state index contributed by atoms with van der Waals surface area (Å²) in [5.74, 6) is 13.3. The fourth-order valence-corrected chi connectivity index (χ4v) is 11.6. The molecule has 0 N–H and O–H groups in total. The summed E-state index contributed by atoms with van der Waals surface area (Å²) in [5.41, 5.74) is 6.73. The van der Waals surface area contributed by atoms with E-state index in [9.17, 15) is 9.59 Å². The molecule has 60 heavy (non-hydrogen) atoms. The number of allylic oxidation sites excluding steroid dienone is 4. The molecule has 0 aliphatic heterocycles. The maximum Gasteiger partial charge on any atom is 0.337 e. The number of esters is 2. The third-order valence-corrected chi connectivity index (χ3v) is 14.7. The largest absolute Gasteiger partial charge is 0.465 e. The van der Waals surface area contributed by atoms with Crippen LogP contribution in [0.1, 0.15) is 75.6 Å². The maximum atomic E-state index is 16.6. The van der Waals surface area contributed by atoms with Crippen LogP contribution < -0.4 is 15.9 Å². The molecule has 2 aliphatic carbocycles. The van der Waals surface area contributed by atoms with Crippen molar-refractivity contribution >= 4 is 45.8 Å². The summed E-state index contributed by atoms with van der Waals surface area (Å²) in [6.07, 6.45) is 6.17. The molecule has 4 unspecified atom stereocenters. The molecule has 294 valence electrons. The van der Waals surface area contributed by atoms with Gasteiger partial charge in [-0.2, -0.15) is 0 Å². The van der Waals surface area contributed by atoms with E-state index in [0.717, 1.165) is 61.8 Å². The standard InChI is InChI=1S/C54H43O5P/c1-36-19-32-47-42(30-24-38-20-26-40(27-21-38)53(55)58-3)34-37(2)51(49(47)33-36)52-48-18-12-11-17-46(48)43(31-25-39-22-28-41(29-23-39)54(56)59-4)35-50(52)60(57,44-13-7-5-8-14-44)45-15-9-6-10-16-45/h5-11,13-17,19-23,26-29,32,35-37,42,51H,33-34H2,1-4H3. The van der Waals surface area contributed by atoms with Crippen LogP contribution in [0.15, 0.2) is 151 Å². The summed E-state index contributed by atoms with van der Waals surface area (Å²) in [6, 6.07) is 46.6. The lowest BCUT2D eigenvalue weighted by atomic mass is 9.64. The SMILES string of the molecule is COC(=O)c1ccc(C#Cc2cc(P(=O)(c3ccccc3)c3ccccc3)c(C3C4=C(C=CC(C)C4)C(C#Cc4ccc(C(=O)OC)cc4)CC3C)c3c#cccc23)cc1. The van der Waals surface area contributed by atoms with Gasteiger partial charge in [0.15, 0.2) is 7.14 Å². The summed E-state index contributed by atoms with van der Waals surface area (Å²) >= 11 is 0. The lowest BCUT2D eigenvalue weighted by molar-refractivity contribution is 0.0592. The van der Waals surface area contributed by atoms with Crippen molar-refractivity contribution in [2.24, 2.45) is 17.8 Å². The van der Waals surface area contributed by atoms with Gasteiger partial charge in [-0.25, -0.2) is 9.59 Å². The zero-order valence-electron chi connectivity index (χ0n) is 34.0. The molecule has 2 aliphatic rings. The quantitative estimate of drug-likeness (QED) is 0.0954. The monoisotopic (exact) mass is 802 g/mol. The highest BCUT2D eigenvalue weighted by Crippen LogP contribution is 2.53. The first-order valence-electron chi connectivity index (χ1n) is 20.1. The third-order valence-electron chi connectivity index (χ3n) is 11.6. The predicted octanol–water partition coefficient (Wildman–Crippen LogP) is 9.74. The number of ether oxygens (including phenoxy) is 2. The van der Waals surface area contributed by atoms with Gasteiger partial charge in [0.1, 0.15) is 0 Å². The van der Waals surface area contributed by atoms with Gasteiger partial charge in [-0.3, -0.25) is 0 Å². The van der Waals surface area contributed by atoms with E-state index >= 15 is 4.57 Å². The fourth-order valence-electron chi connectivity index (χ4n) is 8.68. The van der Waals surface area contributed by atoms with Gasteiger partial charge in [0.2, 0.25) is 0 Å². The Morgan fingerprint density at radius 1 is 0.733 bits per heavy atom. The second-order valence-electron chi connectivity index (χ2n) is 15.5. The van der Waals surface area contributed by atoms with Gasteiger partial charge in [-0.15, -0.1) is 0 Å². The van der Waals surface area contributed by atoms with Gasteiger partial charge in [0, 0.05) is 55.2 Å². The van der Waals surface area contributed by atoms with Crippen LogP contribution in [0.3, 0.4) is 0 Å². The minimum absolute atomic E-state index is 0.0219. The first-order chi connectivity index (χ1) is 29.2. The van der Waals surface area contributed by atoms with Gasteiger partial charge in [0.25, 0.3) is 0 Å². The number of benzene rings is 5. The Morgan fingerprint density at radius 3 is 1.90 bits per heavy atom. The zero-order valence-corrected chi connectivity index (χ0v) is 34.9. The number of hydrogen-bond acceptors (Lipinski definition) is 5. The van der Waals surface area contributed by atoms with E-state index < -0.39 is 13.1 Å². The first kappa shape index (κ1) is 40.0. The summed E-state index contributed by atoms with van der Waals surface area (Å²) < 4.78 is 26.4. The molecular formula is C54H43O5P.